The van der Waals surface area contributed by atoms with Crippen molar-refractivity contribution in [3.8, 4) is 17.2 Å². The number of benzene rings is 3. The summed E-state index contributed by atoms with van der Waals surface area (Å²) in [5, 5.41) is 12.1. The van der Waals surface area contributed by atoms with Crippen LogP contribution in [0.1, 0.15) is 15.9 Å². The van der Waals surface area contributed by atoms with Gasteiger partial charge in [0.2, 0.25) is 0 Å². The summed E-state index contributed by atoms with van der Waals surface area (Å²) in [6.45, 7) is 0. The van der Waals surface area contributed by atoms with Crippen molar-refractivity contribution in [3.63, 3.8) is 0 Å². The molecule has 0 saturated heterocycles. The Balaban J connectivity index is 1.87. The quantitative estimate of drug-likeness (QED) is 0.722. The van der Waals surface area contributed by atoms with E-state index in [-0.39, 0.29) is 11.5 Å². The molecular weight excluding hydrogens is 320 g/mol. The molecule has 24 heavy (non-hydrogen) atoms. The number of hydrogen-bond donors (Lipinski definition) is 1. The van der Waals surface area contributed by atoms with Gasteiger partial charge in [-0.05, 0) is 41.5 Å². The van der Waals surface area contributed by atoms with Crippen LogP contribution in [0.4, 0.5) is 5.69 Å². The summed E-state index contributed by atoms with van der Waals surface area (Å²) >= 11 is 6.07. The van der Waals surface area contributed by atoms with Gasteiger partial charge in [-0.25, -0.2) is 0 Å². The Morgan fingerprint density at radius 2 is 1.67 bits per heavy atom. The second-order valence-corrected chi connectivity index (χ2v) is 5.61. The summed E-state index contributed by atoms with van der Waals surface area (Å²) in [5.74, 6) is -0.345. The molecule has 3 aromatic carbocycles. The van der Waals surface area contributed by atoms with E-state index in [2.05, 4.69) is 5.32 Å². The molecule has 0 fully saturated rings. The Bertz CT molecular complexity index is 930. The fourth-order valence-corrected chi connectivity index (χ4v) is 2.58. The van der Waals surface area contributed by atoms with Gasteiger partial charge in [0, 0.05) is 5.69 Å². The van der Waals surface area contributed by atoms with Crippen LogP contribution in [0.3, 0.4) is 0 Å². The zero-order chi connectivity index (χ0) is 16.9. The first kappa shape index (κ1) is 15.8. The first-order valence-electron chi connectivity index (χ1n) is 7.34. The number of nitriles is 1. The highest BCUT2D eigenvalue weighted by atomic mass is 35.5. The molecule has 4 heteroatoms. The number of amides is 1. The highest BCUT2D eigenvalue weighted by Gasteiger charge is 2.12. The Kier molecular flexibility index (Phi) is 4.60. The highest BCUT2D eigenvalue weighted by molar-refractivity contribution is 6.34. The van der Waals surface area contributed by atoms with Crippen molar-refractivity contribution >= 4 is 23.2 Å². The number of nitrogens with one attached hydrogen (secondary N) is 1. The molecular formula is C20H13ClN2O. The first-order chi connectivity index (χ1) is 11.7. The summed E-state index contributed by atoms with van der Waals surface area (Å²) in [6, 6.07) is 24.1. The summed E-state index contributed by atoms with van der Waals surface area (Å²) in [4.78, 5) is 12.4. The van der Waals surface area contributed by atoms with E-state index in [1.165, 1.54) is 6.07 Å². The lowest BCUT2D eigenvalue weighted by Crippen LogP contribution is -2.12. The van der Waals surface area contributed by atoms with Crippen LogP contribution >= 0.6 is 11.6 Å². The third kappa shape index (κ3) is 3.45. The minimum absolute atomic E-state index is 0.279. The number of halogens is 1. The van der Waals surface area contributed by atoms with Crippen LogP contribution in [0.5, 0.6) is 0 Å². The van der Waals surface area contributed by atoms with Gasteiger partial charge in [-0.2, -0.15) is 5.26 Å². The van der Waals surface area contributed by atoms with Gasteiger partial charge in [-0.1, -0.05) is 54.1 Å². The maximum Gasteiger partial charge on any atom is 0.257 e. The topological polar surface area (TPSA) is 52.9 Å². The smallest absolute Gasteiger partial charge is 0.257 e. The average Bonchev–Trinajstić information content (AvgIpc) is 2.63. The molecule has 0 spiro atoms. The van der Waals surface area contributed by atoms with Gasteiger partial charge in [0.15, 0.2) is 0 Å². The molecule has 1 amide bonds. The molecule has 0 radical (unpaired) electrons. The largest absolute Gasteiger partial charge is 0.322 e. The van der Waals surface area contributed by atoms with E-state index >= 15 is 0 Å². The van der Waals surface area contributed by atoms with Crippen LogP contribution in [-0.2, 0) is 0 Å². The zero-order valence-electron chi connectivity index (χ0n) is 12.7. The van der Waals surface area contributed by atoms with Crippen molar-refractivity contribution in [2.45, 2.75) is 0 Å². The number of anilines is 1. The van der Waals surface area contributed by atoms with E-state index in [0.717, 1.165) is 11.1 Å². The summed E-state index contributed by atoms with van der Waals surface area (Å²) in [5.41, 5.74) is 3.41. The van der Waals surface area contributed by atoms with Crippen LogP contribution in [0.2, 0.25) is 5.02 Å². The Morgan fingerprint density at radius 1 is 0.917 bits per heavy atom. The van der Waals surface area contributed by atoms with Gasteiger partial charge >= 0.3 is 0 Å². The van der Waals surface area contributed by atoms with Gasteiger partial charge in [0.05, 0.1) is 22.2 Å². The molecule has 0 bridgehead atoms. The lowest BCUT2D eigenvalue weighted by Gasteiger charge is -2.09. The summed E-state index contributed by atoms with van der Waals surface area (Å²) in [6.07, 6.45) is 0. The standard InChI is InChI=1S/C20H13ClN2O/c21-19-10-9-14(13-22)11-18(19)20(24)23-17-8-4-7-16(12-17)15-5-2-1-3-6-15/h1-12H,(H,23,24). The van der Waals surface area contributed by atoms with Crippen molar-refractivity contribution < 1.29 is 4.79 Å². The molecule has 1 N–H and O–H groups in total. The second kappa shape index (κ2) is 6.99. The number of carbonyl (C=O) groups excluding carboxylic acids is 1. The summed E-state index contributed by atoms with van der Waals surface area (Å²) in [7, 11) is 0. The molecule has 0 aliphatic carbocycles. The molecule has 0 saturated carbocycles. The Morgan fingerprint density at radius 3 is 2.42 bits per heavy atom. The lowest BCUT2D eigenvalue weighted by molar-refractivity contribution is 0.102. The van der Waals surface area contributed by atoms with Crippen molar-refractivity contribution in [1.29, 1.82) is 5.26 Å². The minimum Gasteiger partial charge on any atom is -0.322 e. The van der Waals surface area contributed by atoms with Crippen LogP contribution < -0.4 is 5.32 Å². The maximum absolute atomic E-state index is 12.4. The molecule has 0 aliphatic heterocycles. The van der Waals surface area contributed by atoms with Crippen molar-refractivity contribution in [2.24, 2.45) is 0 Å². The zero-order valence-corrected chi connectivity index (χ0v) is 13.4. The van der Waals surface area contributed by atoms with Crippen molar-refractivity contribution in [3.05, 3.63) is 88.9 Å². The lowest BCUT2D eigenvalue weighted by atomic mass is 10.1. The predicted molar refractivity (Wildman–Crippen MR) is 96.0 cm³/mol. The number of rotatable bonds is 3. The monoisotopic (exact) mass is 332 g/mol. The third-order valence-electron chi connectivity index (χ3n) is 3.57. The molecule has 0 unspecified atom stereocenters. The number of nitrogens with zero attached hydrogens (tertiary/aromatic N) is 1. The van der Waals surface area contributed by atoms with E-state index in [1.807, 2.05) is 60.7 Å². The van der Waals surface area contributed by atoms with Gasteiger partial charge in [-0.15, -0.1) is 0 Å². The van der Waals surface area contributed by atoms with Gasteiger partial charge < -0.3 is 5.32 Å². The fraction of sp³-hybridized carbons (Fsp3) is 0. The molecule has 0 heterocycles. The van der Waals surface area contributed by atoms with Gasteiger partial charge in [0.25, 0.3) is 5.91 Å². The van der Waals surface area contributed by atoms with Crippen LogP contribution in [-0.4, -0.2) is 5.91 Å². The summed E-state index contributed by atoms with van der Waals surface area (Å²) < 4.78 is 0. The van der Waals surface area contributed by atoms with Gasteiger partial charge in [0.1, 0.15) is 0 Å². The molecule has 3 rings (SSSR count). The van der Waals surface area contributed by atoms with Crippen molar-refractivity contribution in [2.75, 3.05) is 5.32 Å². The van der Waals surface area contributed by atoms with Crippen LogP contribution in [0.15, 0.2) is 72.8 Å². The third-order valence-corrected chi connectivity index (χ3v) is 3.90. The Hall–Kier alpha value is -3.09. The normalized spacial score (nSPS) is 10.0. The van der Waals surface area contributed by atoms with E-state index < -0.39 is 0 Å². The molecule has 116 valence electrons. The van der Waals surface area contributed by atoms with E-state index in [0.29, 0.717) is 16.3 Å². The van der Waals surface area contributed by atoms with Gasteiger partial charge in [-0.3, -0.25) is 4.79 Å². The van der Waals surface area contributed by atoms with E-state index in [9.17, 15) is 4.79 Å². The fourth-order valence-electron chi connectivity index (χ4n) is 2.37. The van der Waals surface area contributed by atoms with Crippen LogP contribution in [0.25, 0.3) is 11.1 Å². The first-order valence-corrected chi connectivity index (χ1v) is 7.71. The number of hydrogen-bond acceptors (Lipinski definition) is 2. The SMILES string of the molecule is N#Cc1ccc(Cl)c(C(=O)Nc2cccc(-c3ccccc3)c2)c1. The van der Waals surface area contributed by atoms with Crippen LogP contribution in [0, 0.1) is 11.3 Å². The maximum atomic E-state index is 12.4. The molecule has 3 nitrogen and oxygen atoms in total. The average molecular weight is 333 g/mol. The minimum atomic E-state index is -0.345. The van der Waals surface area contributed by atoms with E-state index in [4.69, 9.17) is 16.9 Å². The number of carbonyl (C=O) groups is 1. The molecule has 0 aliphatic rings. The second-order valence-electron chi connectivity index (χ2n) is 5.21. The molecule has 3 aromatic rings. The van der Waals surface area contributed by atoms with E-state index in [1.54, 1.807) is 12.1 Å². The predicted octanol–water partition coefficient (Wildman–Crippen LogP) is 5.13. The molecule has 0 atom stereocenters. The molecule has 0 aromatic heterocycles. The van der Waals surface area contributed by atoms with Crippen molar-refractivity contribution in [1.82, 2.24) is 0 Å². The Labute approximate surface area is 145 Å². The highest BCUT2D eigenvalue weighted by Crippen LogP contribution is 2.24.